The van der Waals surface area contributed by atoms with Gasteiger partial charge in [0.15, 0.2) is 0 Å². The molecule has 0 atom stereocenters. The van der Waals surface area contributed by atoms with Gasteiger partial charge in [0.2, 0.25) is 0 Å². The average Bonchev–Trinajstić information content (AvgIpc) is 1.98. The molecule has 0 unspecified atom stereocenters. The Balaban J connectivity index is 3.13. The van der Waals surface area contributed by atoms with Crippen LogP contribution in [0.15, 0.2) is 17.1 Å². The lowest BCUT2D eigenvalue weighted by Crippen LogP contribution is -2.24. The van der Waals surface area contributed by atoms with Gasteiger partial charge in [-0.15, -0.1) is 0 Å². The Morgan fingerprint density at radius 2 is 2.15 bits per heavy atom. The first-order valence-electron chi connectivity index (χ1n) is 4.47. The lowest BCUT2D eigenvalue weighted by Gasteiger charge is -2.10. The summed E-state index contributed by atoms with van der Waals surface area (Å²) >= 11 is 0. The Labute approximate surface area is 78.2 Å². The zero-order valence-electron chi connectivity index (χ0n) is 8.37. The first-order valence-corrected chi connectivity index (χ1v) is 4.47. The maximum atomic E-state index is 11.6. The van der Waals surface area contributed by atoms with Crippen LogP contribution in [0.25, 0.3) is 0 Å². The largest absolute Gasteiger partial charge is 0.398 e. The molecule has 2 N–H and O–H groups in total. The molecule has 0 amide bonds. The van der Waals surface area contributed by atoms with Crippen LogP contribution in [0.1, 0.15) is 19.4 Å². The molecule has 0 bridgehead atoms. The number of rotatable bonds is 2. The quantitative estimate of drug-likeness (QED) is 0.747. The van der Waals surface area contributed by atoms with Crippen LogP contribution >= 0.6 is 0 Å². The number of hydrogen-bond donors (Lipinski definition) is 1. The minimum atomic E-state index is 0.0582. The second kappa shape index (κ2) is 3.64. The second-order valence-electron chi connectivity index (χ2n) is 3.81. The van der Waals surface area contributed by atoms with Gasteiger partial charge in [-0.25, -0.2) is 0 Å². The molecule has 0 aromatic carbocycles. The van der Waals surface area contributed by atoms with E-state index >= 15 is 0 Å². The first kappa shape index (κ1) is 9.84. The lowest BCUT2D eigenvalue weighted by molar-refractivity contribution is 0.510. The molecular weight excluding hydrogens is 164 g/mol. The van der Waals surface area contributed by atoms with Gasteiger partial charge in [-0.2, -0.15) is 0 Å². The lowest BCUT2D eigenvalue weighted by atomic mass is 10.2. The molecule has 0 saturated heterocycles. The van der Waals surface area contributed by atoms with Gasteiger partial charge in [-0.1, -0.05) is 13.8 Å². The molecule has 0 aliphatic carbocycles. The van der Waals surface area contributed by atoms with Gasteiger partial charge < -0.3 is 10.3 Å². The van der Waals surface area contributed by atoms with E-state index in [1.807, 2.05) is 0 Å². The van der Waals surface area contributed by atoms with E-state index in [-0.39, 0.29) is 5.56 Å². The van der Waals surface area contributed by atoms with Crippen molar-refractivity contribution in [3.63, 3.8) is 0 Å². The topological polar surface area (TPSA) is 48.0 Å². The standard InChI is InChI=1S/C10H16N2O/c1-7(2)5-12-6-9(11)4-8(3)10(12)13/h4,6-7H,5,11H2,1-3H3. The number of nitrogens with zero attached hydrogens (tertiary/aromatic N) is 1. The molecule has 0 saturated carbocycles. The van der Waals surface area contributed by atoms with E-state index in [9.17, 15) is 4.79 Å². The van der Waals surface area contributed by atoms with Gasteiger partial charge in [0, 0.05) is 24.0 Å². The third-order valence-electron chi connectivity index (χ3n) is 1.85. The van der Waals surface area contributed by atoms with Crippen LogP contribution in [0.5, 0.6) is 0 Å². The Morgan fingerprint density at radius 1 is 1.54 bits per heavy atom. The highest BCUT2D eigenvalue weighted by Gasteiger charge is 2.02. The van der Waals surface area contributed by atoms with Crippen LogP contribution in [-0.2, 0) is 6.54 Å². The minimum Gasteiger partial charge on any atom is -0.398 e. The molecule has 13 heavy (non-hydrogen) atoms. The number of nitrogens with two attached hydrogens (primary N) is 1. The van der Waals surface area contributed by atoms with Gasteiger partial charge in [0.25, 0.3) is 5.56 Å². The molecule has 1 rings (SSSR count). The molecule has 0 radical (unpaired) electrons. The van der Waals surface area contributed by atoms with E-state index in [4.69, 9.17) is 5.73 Å². The van der Waals surface area contributed by atoms with Crippen LogP contribution in [0.3, 0.4) is 0 Å². The molecule has 0 spiro atoms. The van der Waals surface area contributed by atoms with Crippen molar-refractivity contribution in [2.45, 2.75) is 27.3 Å². The van der Waals surface area contributed by atoms with E-state index < -0.39 is 0 Å². The van der Waals surface area contributed by atoms with Gasteiger partial charge in [-0.05, 0) is 18.9 Å². The van der Waals surface area contributed by atoms with Crippen molar-refractivity contribution in [3.8, 4) is 0 Å². The Bertz CT molecular complexity index is 352. The summed E-state index contributed by atoms with van der Waals surface area (Å²) in [5, 5.41) is 0. The van der Waals surface area contributed by atoms with Crippen molar-refractivity contribution >= 4 is 5.69 Å². The highest BCUT2D eigenvalue weighted by atomic mass is 16.1. The van der Waals surface area contributed by atoms with Crippen LogP contribution < -0.4 is 11.3 Å². The Morgan fingerprint density at radius 3 is 2.69 bits per heavy atom. The third kappa shape index (κ3) is 2.34. The van der Waals surface area contributed by atoms with Gasteiger partial charge in [0.1, 0.15) is 0 Å². The molecular formula is C10H16N2O. The van der Waals surface area contributed by atoms with Crippen molar-refractivity contribution in [2.75, 3.05) is 5.73 Å². The third-order valence-corrected chi connectivity index (χ3v) is 1.85. The summed E-state index contributed by atoms with van der Waals surface area (Å²) in [6.07, 6.45) is 1.70. The molecule has 72 valence electrons. The summed E-state index contributed by atoms with van der Waals surface area (Å²) < 4.78 is 1.68. The van der Waals surface area contributed by atoms with Crippen LogP contribution in [-0.4, -0.2) is 4.57 Å². The molecule has 1 aromatic rings. The van der Waals surface area contributed by atoms with E-state index in [0.29, 0.717) is 17.2 Å². The molecule has 0 fully saturated rings. The Kier molecular flexibility index (Phi) is 2.76. The number of nitrogen functional groups attached to an aromatic ring is 1. The van der Waals surface area contributed by atoms with Crippen molar-refractivity contribution in [1.82, 2.24) is 4.57 Å². The zero-order valence-corrected chi connectivity index (χ0v) is 8.37. The van der Waals surface area contributed by atoms with Crippen LogP contribution in [0, 0.1) is 12.8 Å². The average molecular weight is 180 g/mol. The van der Waals surface area contributed by atoms with Gasteiger partial charge >= 0.3 is 0 Å². The van der Waals surface area contributed by atoms with E-state index in [1.54, 1.807) is 23.8 Å². The summed E-state index contributed by atoms with van der Waals surface area (Å²) in [6, 6.07) is 1.71. The smallest absolute Gasteiger partial charge is 0.253 e. The monoisotopic (exact) mass is 180 g/mol. The van der Waals surface area contributed by atoms with Crippen molar-refractivity contribution < 1.29 is 0 Å². The molecule has 0 aliphatic heterocycles. The predicted octanol–water partition coefficient (Wildman–Crippen LogP) is 1.39. The number of aryl methyl sites for hydroxylation is 1. The number of pyridine rings is 1. The van der Waals surface area contributed by atoms with Gasteiger partial charge in [-0.3, -0.25) is 4.79 Å². The zero-order chi connectivity index (χ0) is 10.0. The van der Waals surface area contributed by atoms with E-state index in [1.165, 1.54) is 0 Å². The molecule has 1 heterocycles. The second-order valence-corrected chi connectivity index (χ2v) is 3.81. The number of hydrogen-bond acceptors (Lipinski definition) is 2. The maximum absolute atomic E-state index is 11.6. The van der Waals surface area contributed by atoms with Crippen molar-refractivity contribution in [1.29, 1.82) is 0 Å². The van der Waals surface area contributed by atoms with Crippen molar-refractivity contribution in [3.05, 3.63) is 28.2 Å². The summed E-state index contributed by atoms with van der Waals surface area (Å²) in [4.78, 5) is 11.6. The summed E-state index contributed by atoms with van der Waals surface area (Å²) in [5.74, 6) is 0.457. The molecule has 3 heteroatoms. The van der Waals surface area contributed by atoms with Crippen LogP contribution in [0.2, 0.25) is 0 Å². The summed E-state index contributed by atoms with van der Waals surface area (Å²) in [5.41, 5.74) is 7.06. The maximum Gasteiger partial charge on any atom is 0.253 e. The predicted molar refractivity (Wildman–Crippen MR) is 54.7 cm³/mol. The number of aromatic nitrogens is 1. The first-order chi connectivity index (χ1) is 6.00. The molecule has 0 aliphatic rings. The minimum absolute atomic E-state index is 0.0582. The highest BCUT2D eigenvalue weighted by Crippen LogP contribution is 2.03. The summed E-state index contributed by atoms with van der Waals surface area (Å²) in [7, 11) is 0. The van der Waals surface area contributed by atoms with E-state index in [2.05, 4.69) is 13.8 Å². The SMILES string of the molecule is Cc1cc(N)cn(CC(C)C)c1=O. The molecule has 3 nitrogen and oxygen atoms in total. The number of anilines is 1. The Hall–Kier alpha value is -1.25. The fourth-order valence-electron chi connectivity index (χ4n) is 1.34. The fourth-order valence-corrected chi connectivity index (χ4v) is 1.34. The fraction of sp³-hybridized carbons (Fsp3) is 0.500. The normalized spacial score (nSPS) is 10.8. The molecule has 1 aromatic heterocycles. The van der Waals surface area contributed by atoms with Crippen LogP contribution in [0.4, 0.5) is 5.69 Å². The summed E-state index contributed by atoms with van der Waals surface area (Å²) in [6.45, 7) is 6.66. The van der Waals surface area contributed by atoms with E-state index in [0.717, 1.165) is 6.54 Å². The van der Waals surface area contributed by atoms with Gasteiger partial charge in [0.05, 0.1) is 0 Å². The van der Waals surface area contributed by atoms with Crippen molar-refractivity contribution in [2.24, 2.45) is 5.92 Å². The highest BCUT2D eigenvalue weighted by molar-refractivity contribution is 5.37.